The molecule has 1 N–H and O–H groups in total. The Morgan fingerprint density at radius 3 is 3.00 bits per heavy atom. The van der Waals surface area contributed by atoms with Crippen molar-refractivity contribution in [1.82, 2.24) is 10.2 Å². The Hall–Kier alpha value is -0.380. The fourth-order valence-electron chi connectivity index (χ4n) is 3.90. The molecule has 3 heteroatoms. The molecule has 0 radical (unpaired) electrons. The summed E-state index contributed by atoms with van der Waals surface area (Å²) < 4.78 is 1.30. The SMILES string of the molecule is CCCCN(CC1CCCN1)C1CCc2c(Br)cccc21. The second kappa shape index (κ2) is 7.26. The van der Waals surface area contributed by atoms with Gasteiger partial charge in [-0.1, -0.05) is 41.4 Å². The molecule has 2 aliphatic rings. The van der Waals surface area contributed by atoms with Gasteiger partial charge in [-0.2, -0.15) is 0 Å². The topological polar surface area (TPSA) is 15.3 Å². The van der Waals surface area contributed by atoms with Crippen LogP contribution in [-0.2, 0) is 6.42 Å². The highest BCUT2D eigenvalue weighted by atomic mass is 79.9. The van der Waals surface area contributed by atoms with Crippen molar-refractivity contribution < 1.29 is 0 Å². The number of halogens is 1. The molecular formula is C18H27BrN2. The van der Waals surface area contributed by atoms with E-state index in [2.05, 4.69) is 51.3 Å². The van der Waals surface area contributed by atoms with Gasteiger partial charge in [-0.25, -0.2) is 0 Å². The molecule has 3 rings (SSSR count). The van der Waals surface area contributed by atoms with Crippen molar-refractivity contribution in [2.75, 3.05) is 19.6 Å². The monoisotopic (exact) mass is 350 g/mol. The first-order valence-corrected chi connectivity index (χ1v) is 9.33. The van der Waals surface area contributed by atoms with Crippen molar-refractivity contribution in [2.24, 2.45) is 0 Å². The standard InChI is InChI=1S/C18H27BrN2/c1-2-3-12-21(13-14-6-5-11-20-14)18-10-9-15-16(18)7-4-8-17(15)19/h4,7-8,14,18,20H,2-3,5-6,9-13H2,1H3. The average Bonchev–Trinajstić information content (AvgIpc) is 3.13. The smallest absolute Gasteiger partial charge is 0.0355 e. The Balaban J connectivity index is 1.75. The summed E-state index contributed by atoms with van der Waals surface area (Å²) in [5.41, 5.74) is 3.11. The molecule has 2 unspecified atom stereocenters. The zero-order chi connectivity index (χ0) is 14.7. The number of nitrogens with one attached hydrogen (secondary N) is 1. The van der Waals surface area contributed by atoms with E-state index in [9.17, 15) is 0 Å². The summed E-state index contributed by atoms with van der Waals surface area (Å²) in [6.45, 7) is 5.96. The molecule has 1 fully saturated rings. The molecule has 1 aromatic carbocycles. The molecule has 2 atom stereocenters. The van der Waals surface area contributed by atoms with Crippen LogP contribution in [0.15, 0.2) is 22.7 Å². The maximum absolute atomic E-state index is 3.73. The third-order valence-corrected chi connectivity index (χ3v) is 5.78. The van der Waals surface area contributed by atoms with Crippen LogP contribution in [0.4, 0.5) is 0 Å². The lowest BCUT2D eigenvalue weighted by Crippen LogP contribution is -2.39. The molecule has 1 aromatic rings. The first-order valence-electron chi connectivity index (χ1n) is 8.54. The van der Waals surface area contributed by atoms with E-state index < -0.39 is 0 Å². The molecule has 21 heavy (non-hydrogen) atoms. The third-order valence-electron chi connectivity index (χ3n) is 5.04. The number of hydrogen-bond acceptors (Lipinski definition) is 2. The highest BCUT2D eigenvalue weighted by Crippen LogP contribution is 2.39. The molecule has 0 spiro atoms. The molecule has 2 nitrogen and oxygen atoms in total. The number of unbranched alkanes of at least 4 members (excludes halogenated alkanes) is 1. The molecule has 1 aliphatic heterocycles. The number of fused-ring (bicyclic) bond motifs is 1. The predicted octanol–water partition coefficient (Wildman–Crippen LogP) is 4.29. The summed E-state index contributed by atoms with van der Waals surface area (Å²) in [6.07, 6.45) is 7.80. The van der Waals surface area contributed by atoms with Crippen LogP contribution in [0.25, 0.3) is 0 Å². The number of hydrogen-bond donors (Lipinski definition) is 1. The largest absolute Gasteiger partial charge is 0.313 e. The van der Waals surface area contributed by atoms with E-state index in [1.807, 2.05) is 0 Å². The maximum atomic E-state index is 3.73. The van der Waals surface area contributed by atoms with Gasteiger partial charge in [0.25, 0.3) is 0 Å². The van der Waals surface area contributed by atoms with E-state index in [4.69, 9.17) is 0 Å². The molecule has 0 aromatic heterocycles. The predicted molar refractivity (Wildman–Crippen MR) is 92.7 cm³/mol. The fraction of sp³-hybridized carbons (Fsp3) is 0.667. The Morgan fingerprint density at radius 2 is 2.24 bits per heavy atom. The minimum absolute atomic E-state index is 0.631. The van der Waals surface area contributed by atoms with Gasteiger partial charge in [0, 0.05) is 23.1 Å². The van der Waals surface area contributed by atoms with E-state index in [1.165, 1.54) is 62.6 Å². The summed E-state index contributed by atoms with van der Waals surface area (Å²) in [4.78, 5) is 2.75. The van der Waals surface area contributed by atoms with Gasteiger partial charge in [0.1, 0.15) is 0 Å². The van der Waals surface area contributed by atoms with Crippen molar-refractivity contribution in [2.45, 2.75) is 57.5 Å². The van der Waals surface area contributed by atoms with Crippen molar-refractivity contribution in [1.29, 1.82) is 0 Å². The molecule has 0 bridgehead atoms. The number of benzene rings is 1. The van der Waals surface area contributed by atoms with E-state index in [0.717, 1.165) is 0 Å². The Labute approximate surface area is 137 Å². The number of nitrogens with zero attached hydrogens (tertiary/aromatic N) is 1. The van der Waals surface area contributed by atoms with Crippen molar-refractivity contribution >= 4 is 15.9 Å². The Kier molecular flexibility index (Phi) is 5.36. The van der Waals surface area contributed by atoms with E-state index in [0.29, 0.717) is 12.1 Å². The average molecular weight is 351 g/mol. The normalized spacial score (nSPS) is 24.7. The van der Waals surface area contributed by atoms with Crippen LogP contribution in [0.2, 0.25) is 0 Å². The lowest BCUT2D eigenvalue weighted by Gasteiger charge is -2.32. The van der Waals surface area contributed by atoms with E-state index in [-0.39, 0.29) is 0 Å². The molecular weight excluding hydrogens is 324 g/mol. The van der Waals surface area contributed by atoms with Gasteiger partial charge in [0.05, 0.1) is 0 Å². The van der Waals surface area contributed by atoms with Crippen molar-refractivity contribution in [3.63, 3.8) is 0 Å². The van der Waals surface area contributed by atoms with Crippen LogP contribution in [0.1, 0.15) is 56.2 Å². The minimum Gasteiger partial charge on any atom is -0.313 e. The highest BCUT2D eigenvalue weighted by Gasteiger charge is 2.30. The first-order chi connectivity index (χ1) is 10.3. The minimum atomic E-state index is 0.631. The molecule has 0 saturated carbocycles. The van der Waals surface area contributed by atoms with Crippen LogP contribution in [0.3, 0.4) is 0 Å². The summed E-state index contributed by atoms with van der Waals surface area (Å²) in [6, 6.07) is 8.08. The first kappa shape index (κ1) is 15.5. The quantitative estimate of drug-likeness (QED) is 0.823. The second-order valence-electron chi connectivity index (χ2n) is 6.50. The molecule has 1 heterocycles. The van der Waals surface area contributed by atoms with Crippen molar-refractivity contribution in [3.8, 4) is 0 Å². The maximum Gasteiger partial charge on any atom is 0.0355 e. The van der Waals surface area contributed by atoms with Crippen LogP contribution in [0.5, 0.6) is 0 Å². The summed E-state index contributed by atoms with van der Waals surface area (Å²) in [5.74, 6) is 0. The van der Waals surface area contributed by atoms with E-state index in [1.54, 1.807) is 11.1 Å². The van der Waals surface area contributed by atoms with Gasteiger partial charge < -0.3 is 5.32 Å². The highest BCUT2D eigenvalue weighted by molar-refractivity contribution is 9.10. The molecule has 116 valence electrons. The van der Waals surface area contributed by atoms with Crippen LogP contribution in [0, 0.1) is 0 Å². The lowest BCUT2D eigenvalue weighted by atomic mass is 10.1. The van der Waals surface area contributed by atoms with Gasteiger partial charge in [-0.15, -0.1) is 0 Å². The molecule has 1 saturated heterocycles. The summed E-state index contributed by atoms with van der Waals surface area (Å²) in [5, 5.41) is 3.67. The van der Waals surface area contributed by atoms with E-state index >= 15 is 0 Å². The lowest BCUT2D eigenvalue weighted by molar-refractivity contribution is 0.177. The van der Waals surface area contributed by atoms with Gasteiger partial charge >= 0.3 is 0 Å². The molecule has 1 aliphatic carbocycles. The number of rotatable bonds is 6. The Morgan fingerprint density at radius 1 is 1.33 bits per heavy atom. The van der Waals surface area contributed by atoms with Crippen LogP contribution in [-0.4, -0.2) is 30.6 Å². The van der Waals surface area contributed by atoms with Crippen molar-refractivity contribution in [3.05, 3.63) is 33.8 Å². The van der Waals surface area contributed by atoms with Gasteiger partial charge in [0.15, 0.2) is 0 Å². The van der Waals surface area contributed by atoms with Gasteiger partial charge in [0.2, 0.25) is 0 Å². The molecule has 0 amide bonds. The van der Waals surface area contributed by atoms with Gasteiger partial charge in [-0.3, -0.25) is 4.90 Å². The zero-order valence-corrected chi connectivity index (χ0v) is 14.7. The van der Waals surface area contributed by atoms with Crippen LogP contribution < -0.4 is 5.32 Å². The third kappa shape index (κ3) is 3.52. The Bertz CT molecular complexity index is 468. The summed E-state index contributed by atoms with van der Waals surface area (Å²) in [7, 11) is 0. The fourth-order valence-corrected chi connectivity index (χ4v) is 4.48. The van der Waals surface area contributed by atoms with Crippen LogP contribution >= 0.6 is 15.9 Å². The van der Waals surface area contributed by atoms with Gasteiger partial charge in [-0.05, 0) is 62.4 Å². The summed E-state index contributed by atoms with van der Waals surface area (Å²) >= 11 is 3.73. The zero-order valence-electron chi connectivity index (χ0n) is 13.1. The second-order valence-corrected chi connectivity index (χ2v) is 7.36.